The molecule has 0 radical (unpaired) electrons. The third-order valence-corrected chi connectivity index (χ3v) is 10.6. The van der Waals surface area contributed by atoms with E-state index in [4.69, 9.17) is 11.6 Å². The molecule has 2 bridgehead atoms. The van der Waals surface area contributed by atoms with Crippen LogP contribution in [0, 0.1) is 28.5 Å². The van der Waals surface area contributed by atoms with Gasteiger partial charge in [0.25, 0.3) is 0 Å². The lowest BCUT2D eigenvalue weighted by atomic mass is 9.69. The highest BCUT2D eigenvalue weighted by Gasteiger charge is 2.61. The number of nitrogens with zero attached hydrogens (tertiary/aromatic N) is 1. The van der Waals surface area contributed by atoms with Gasteiger partial charge in [0.05, 0.1) is 9.92 Å². The molecule has 3 fully saturated rings. The van der Waals surface area contributed by atoms with E-state index in [1.165, 1.54) is 16.8 Å². The van der Waals surface area contributed by atoms with Gasteiger partial charge in [-0.05, 0) is 67.1 Å². The predicted octanol–water partition coefficient (Wildman–Crippen LogP) is 4.21. The SMILES string of the molecule is CC1(C)C2CCC1(C)C(NC(=O)C1CCN(S(=O)(=O)c3ccc(F)c(Cl)c3)CC1)C2. The summed E-state index contributed by atoms with van der Waals surface area (Å²) < 4.78 is 40.4. The summed E-state index contributed by atoms with van der Waals surface area (Å²) in [6.45, 7) is 7.48. The maximum absolute atomic E-state index is 13.4. The fraction of sp³-hybridized carbons (Fsp3) is 0.682. The van der Waals surface area contributed by atoms with E-state index in [-0.39, 0.29) is 51.7 Å². The van der Waals surface area contributed by atoms with Crippen LogP contribution in [0.5, 0.6) is 0 Å². The Labute approximate surface area is 183 Å². The smallest absolute Gasteiger partial charge is 0.243 e. The van der Waals surface area contributed by atoms with Crippen LogP contribution in [-0.2, 0) is 14.8 Å². The zero-order chi connectivity index (χ0) is 21.9. The van der Waals surface area contributed by atoms with Crippen molar-refractivity contribution in [3.8, 4) is 0 Å². The Balaban J connectivity index is 1.38. The van der Waals surface area contributed by atoms with E-state index in [9.17, 15) is 17.6 Å². The second kappa shape index (κ2) is 7.45. The van der Waals surface area contributed by atoms with Gasteiger partial charge in [-0.2, -0.15) is 4.31 Å². The molecule has 1 aromatic rings. The Morgan fingerprint density at radius 1 is 1.20 bits per heavy atom. The van der Waals surface area contributed by atoms with E-state index >= 15 is 0 Å². The van der Waals surface area contributed by atoms with Gasteiger partial charge in [0.1, 0.15) is 5.82 Å². The first-order valence-electron chi connectivity index (χ1n) is 10.7. The summed E-state index contributed by atoms with van der Waals surface area (Å²) in [5, 5.41) is 3.09. The number of amides is 1. The zero-order valence-corrected chi connectivity index (χ0v) is 19.3. The van der Waals surface area contributed by atoms with Crippen LogP contribution in [-0.4, -0.2) is 37.8 Å². The van der Waals surface area contributed by atoms with E-state index in [2.05, 4.69) is 26.1 Å². The van der Waals surface area contributed by atoms with Crippen LogP contribution in [0.3, 0.4) is 0 Å². The van der Waals surface area contributed by atoms with Gasteiger partial charge in [-0.15, -0.1) is 0 Å². The summed E-state index contributed by atoms with van der Waals surface area (Å²) in [6, 6.07) is 3.63. The van der Waals surface area contributed by atoms with Crippen molar-refractivity contribution in [3.05, 3.63) is 29.0 Å². The number of halogens is 2. The minimum absolute atomic E-state index is 0.0195. The molecule has 0 aromatic heterocycles. The monoisotopic (exact) mass is 456 g/mol. The number of hydrogen-bond donors (Lipinski definition) is 1. The van der Waals surface area contributed by atoms with Gasteiger partial charge in [0.15, 0.2) is 0 Å². The van der Waals surface area contributed by atoms with Gasteiger partial charge < -0.3 is 5.32 Å². The standard InChI is InChI=1S/C22H30ClFN2O3S/c1-21(2)15-6-9-22(21,3)19(12-15)25-20(27)14-7-10-26(11-8-14)30(28,29)16-4-5-18(24)17(23)13-16/h4-5,13-15,19H,6-12H2,1-3H3,(H,25,27). The highest BCUT2D eigenvalue weighted by Crippen LogP contribution is 2.65. The summed E-state index contributed by atoms with van der Waals surface area (Å²) >= 11 is 5.75. The van der Waals surface area contributed by atoms with Gasteiger partial charge >= 0.3 is 0 Å². The van der Waals surface area contributed by atoms with Crippen molar-refractivity contribution in [2.45, 2.75) is 63.8 Å². The number of fused-ring (bicyclic) bond motifs is 2. The van der Waals surface area contributed by atoms with Gasteiger partial charge in [0.2, 0.25) is 15.9 Å². The number of benzene rings is 1. The quantitative estimate of drug-likeness (QED) is 0.737. The molecule has 3 atom stereocenters. The molecule has 5 nitrogen and oxygen atoms in total. The Morgan fingerprint density at radius 3 is 2.40 bits per heavy atom. The molecular formula is C22H30ClFN2O3S. The molecular weight excluding hydrogens is 427 g/mol. The van der Waals surface area contributed by atoms with E-state index < -0.39 is 15.8 Å². The molecule has 1 aliphatic heterocycles. The van der Waals surface area contributed by atoms with Crippen LogP contribution in [0.4, 0.5) is 4.39 Å². The number of rotatable bonds is 4. The van der Waals surface area contributed by atoms with Crippen LogP contribution < -0.4 is 5.32 Å². The van der Waals surface area contributed by atoms with Crippen LogP contribution in [0.1, 0.15) is 52.9 Å². The number of piperidine rings is 1. The molecule has 30 heavy (non-hydrogen) atoms. The highest BCUT2D eigenvalue weighted by molar-refractivity contribution is 7.89. The maximum Gasteiger partial charge on any atom is 0.243 e. The number of hydrogen-bond acceptors (Lipinski definition) is 3. The second-order valence-electron chi connectivity index (χ2n) is 9.93. The van der Waals surface area contributed by atoms with E-state index in [1.807, 2.05) is 0 Å². The average molecular weight is 457 g/mol. The Morgan fingerprint density at radius 2 is 1.87 bits per heavy atom. The zero-order valence-electron chi connectivity index (χ0n) is 17.7. The van der Waals surface area contributed by atoms with E-state index in [0.29, 0.717) is 18.8 Å². The molecule has 2 saturated carbocycles. The molecule has 3 unspecified atom stereocenters. The van der Waals surface area contributed by atoms with E-state index in [0.717, 1.165) is 25.0 Å². The fourth-order valence-electron chi connectivity index (χ4n) is 5.86. The number of carbonyl (C=O) groups excluding carboxylic acids is 1. The number of sulfonamides is 1. The summed E-state index contributed by atoms with van der Waals surface area (Å²) in [7, 11) is -3.75. The van der Waals surface area contributed by atoms with Crippen molar-refractivity contribution in [2.24, 2.45) is 22.7 Å². The summed E-state index contributed by atoms with van der Waals surface area (Å²) in [6.07, 6.45) is 4.38. The lowest BCUT2D eigenvalue weighted by Gasteiger charge is -2.40. The third-order valence-electron chi connectivity index (χ3n) is 8.46. The lowest BCUT2D eigenvalue weighted by Crippen LogP contribution is -2.50. The van der Waals surface area contributed by atoms with Gasteiger partial charge in [0, 0.05) is 25.0 Å². The van der Waals surface area contributed by atoms with Gasteiger partial charge in [-0.1, -0.05) is 32.4 Å². The Kier molecular flexibility index (Phi) is 5.47. The van der Waals surface area contributed by atoms with Crippen molar-refractivity contribution in [2.75, 3.05) is 13.1 Å². The molecule has 0 spiro atoms. The van der Waals surface area contributed by atoms with Crippen LogP contribution in [0.15, 0.2) is 23.1 Å². The molecule has 8 heteroatoms. The van der Waals surface area contributed by atoms with E-state index in [1.54, 1.807) is 0 Å². The Bertz CT molecular complexity index is 959. The van der Waals surface area contributed by atoms with Gasteiger partial charge in [-0.3, -0.25) is 4.79 Å². The molecule has 166 valence electrons. The predicted molar refractivity (Wildman–Crippen MR) is 114 cm³/mol. The summed E-state index contributed by atoms with van der Waals surface area (Å²) in [5.41, 5.74) is 0.359. The van der Waals surface area contributed by atoms with Crippen molar-refractivity contribution in [3.63, 3.8) is 0 Å². The van der Waals surface area contributed by atoms with Crippen LogP contribution in [0.2, 0.25) is 5.02 Å². The second-order valence-corrected chi connectivity index (χ2v) is 12.3. The van der Waals surface area contributed by atoms with Crippen LogP contribution >= 0.6 is 11.6 Å². The molecule has 1 aromatic carbocycles. The summed E-state index contributed by atoms with van der Waals surface area (Å²) in [4.78, 5) is 12.9. The molecule has 2 aliphatic carbocycles. The molecule has 3 aliphatic rings. The van der Waals surface area contributed by atoms with Crippen molar-refractivity contribution in [1.29, 1.82) is 0 Å². The number of carbonyl (C=O) groups is 1. The average Bonchev–Trinajstić information content (AvgIpc) is 3.03. The first-order valence-corrected chi connectivity index (χ1v) is 12.5. The largest absolute Gasteiger partial charge is 0.353 e. The van der Waals surface area contributed by atoms with Crippen molar-refractivity contribution in [1.82, 2.24) is 9.62 Å². The Hall–Kier alpha value is -1.18. The minimum Gasteiger partial charge on any atom is -0.353 e. The first kappa shape index (κ1) is 22.0. The minimum atomic E-state index is -3.75. The lowest BCUT2D eigenvalue weighted by molar-refractivity contribution is -0.127. The molecule has 1 saturated heterocycles. The van der Waals surface area contributed by atoms with Crippen molar-refractivity contribution < 1.29 is 17.6 Å². The summed E-state index contributed by atoms with van der Waals surface area (Å²) in [5.74, 6) is -0.128. The topological polar surface area (TPSA) is 66.5 Å². The number of nitrogens with one attached hydrogen (secondary N) is 1. The highest BCUT2D eigenvalue weighted by atomic mass is 35.5. The fourth-order valence-corrected chi connectivity index (χ4v) is 7.60. The molecule has 1 amide bonds. The first-order chi connectivity index (χ1) is 14.0. The molecule has 4 rings (SSSR count). The normalized spacial score (nSPS) is 31.8. The van der Waals surface area contributed by atoms with Gasteiger partial charge in [-0.25, -0.2) is 12.8 Å². The maximum atomic E-state index is 13.4. The molecule has 1 heterocycles. The third kappa shape index (κ3) is 3.37. The van der Waals surface area contributed by atoms with Crippen molar-refractivity contribution >= 4 is 27.5 Å². The molecule has 1 N–H and O–H groups in total. The van der Waals surface area contributed by atoms with Crippen LogP contribution in [0.25, 0.3) is 0 Å².